The molecule has 4 rings (SSSR count). The SMILES string of the molecule is Cc1cc(-c2ccccc2)cc(C)[n+]1CC(=O)Nc1ccc(S(=O)(=O)Nc2cccc(S(N)(=O)=O)c2)cc1.[O-][Cl+3]([O-])([O-])[O-]. The van der Waals surface area contributed by atoms with E-state index in [4.69, 9.17) is 23.8 Å². The van der Waals surface area contributed by atoms with Gasteiger partial charge < -0.3 is 5.32 Å². The zero-order chi connectivity index (χ0) is 32.0. The molecule has 1 aromatic heterocycles. The van der Waals surface area contributed by atoms with Gasteiger partial charge in [0, 0.05) is 31.7 Å². The van der Waals surface area contributed by atoms with Gasteiger partial charge in [0.1, 0.15) is 0 Å². The number of aryl methyl sites for hydroxylation is 2. The van der Waals surface area contributed by atoms with Gasteiger partial charge in [-0.2, -0.15) is 4.57 Å². The third kappa shape index (κ3) is 10.4. The van der Waals surface area contributed by atoms with Crippen molar-refractivity contribution in [1.82, 2.24) is 0 Å². The molecule has 13 nitrogen and oxygen atoms in total. The minimum Gasteiger partial charge on any atom is -0.321 e. The third-order valence-corrected chi connectivity index (χ3v) is 8.16. The van der Waals surface area contributed by atoms with Crippen LogP contribution in [0.5, 0.6) is 0 Å². The lowest BCUT2D eigenvalue weighted by Gasteiger charge is -2.17. The molecule has 4 N–H and O–H groups in total. The van der Waals surface area contributed by atoms with E-state index in [0.717, 1.165) is 28.6 Å². The van der Waals surface area contributed by atoms with Crippen LogP contribution in [0.4, 0.5) is 11.4 Å². The molecule has 0 aliphatic carbocycles. The van der Waals surface area contributed by atoms with Gasteiger partial charge in [0.25, 0.3) is 15.9 Å². The first-order chi connectivity index (χ1) is 19.9. The second-order valence-corrected chi connectivity index (χ2v) is 13.1. The Hall–Kier alpha value is -3.93. The lowest BCUT2D eigenvalue weighted by molar-refractivity contribution is -2.00. The third-order valence-electron chi connectivity index (χ3n) is 5.85. The van der Waals surface area contributed by atoms with E-state index in [1.807, 2.05) is 60.9 Å². The maximum absolute atomic E-state index is 12.8. The summed E-state index contributed by atoms with van der Waals surface area (Å²) in [5.41, 5.74) is 4.50. The van der Waals surface area contributed by atoms with Crippen LogP contribution in [-0.4, -0.2) is 22.7 Å². The van der Waals surface area contributed by atoms with Crippen molar-refractivity contribution < 1.29 is 55.1 Å². The van der Waals surface area contributed by atoms with Crippen molar-refractivity contribution in [3.05, 3.63) is 102 Å². The van der Waals surface area contributed by atoms with Crippen LogP contribution >= 0.6 is 0 Å². The van der Waals surface area contributed by atoms with Crippen LogP contribution in [-0.2, 0) is 31.4 Å². The van der Waals surface area contributed by atoms with Crippen LogP contribution < -0.4 is 38.4 Å². The number of nitrogens with one attached hydrogen (secondary N) is 2. The predicted octanol–water partition coefficient (Wildman–Crippen LogP) is -1.41. The molecule has 0 aliphatic heterocycles. The van der Waals surface area contributed by atoms with E-state index in [2.05, 4.69) is 10.0 Å². The number of nitrogens with zero attached hydrogens (tertiary/aromatic N) is 1. The predicted molar refractivity (Wildman–Crippen MR) is 145 cm³/mol. The fourth-order valence-corrected chi connectivity index (χ4v) is 5.59. The topological polar surface area (TPSA) is 232 Å². The van der Waals surface area contributed by atoms with Gasteiger partial charge in [-0.1, -0.05) is 36.4 Å². The van der Waals surface area contributed by atoms with E-state index in [0.29, 0.717) is 5.69 Å². The minimum atomic E-state index is -4.94. The van der Waals surface area contributed by atoms with Crippen molar-refractivity contribution in [3.63, 3.8) is 0 Å². The molecule has 0 fully saturated rings. The summed E-state index contributed by atoms with van der Waals surface area (Å²) in [6, 6.07) is 24.9. The number of hydrogen-bond acceptors (Lipinski definition) is 9. The Kier molecular flexibility index (Phi) is 10.6. The molecule has 0 saturated heterocycles. The number of nitrogens with two attached hydrogens (primary N) is 1. The Bertz CT molecular complexity index is 1780. The van der Waals surface area contributed by atoms with Gasteiger partial charge in [0.2, 0.25) is 16.6 Å². The Morgan fingerprint density at radius 2 is 1.30 bits per heavy atom. The second-order valence-electron chi connectivity index (χ2n) is 9.11. The molecular formula is C27H27ClN4O9S2. The monoisotopic (exact) mass is 650 g/mol. The van der Waals surface area contributed by atoms with E-state index in [9.17, 15) is 21.6 Å². The largest absolute Gasteiger partial charge is 0.321 e. The Morgan fingerprint density at radius 3 is 1.84 bits per heavy atom. The quantitative estimate of drug-likeness (QED) is 0.190. The molecule has 0 radical (unpaired) electrons. The number of rotatable bonds is 8. The number of halogens is 1. The summed E-state index contributed by atoms with van der Waals surface area (Å²) in [6.45, 7) is 3.98. The summed E-state index contributed by atoms with van der Waals surface area (Å²) >= 11 is 0. The number of carbonyl (C=O) groups excluding carboxylic acids is 1. The smallest absolute Gasteiger partial charge is 0.290 e. The van der Waals surface area contributed by atoms with Crippen LogP contribution in [0.15, 0.2) is 101 Å². The Balaban J connectivity index is 0.000000934. The average Bonchev–Trinajstić information content (AvgIpc) is 2.90. The number of pyridine rings is 1. The van der Waals surface area contributed by atoms with Crippen LogP contribution in [0.25, 0.3) is 11.1 Å². The van der Waals surface area contributed by atoms with E-state index in [-0.39, 0.29) is 27.9 Å². The van der Waals surface area contributed by atoms with Gasteiger partial charge in [-0.25, -0.2) is 40.6 Å². The highest BCUT2D eigenvalue weighted by Crippen LogP contribution is 2.21. The number of amides is 1. The van der Waals surface area contributed by atoms with E-state index >= 15 is 0 Å². The van der Waals surface area contributed by atoms with Crippen molar-refractivity contribution in [2.24, 2.45) is 5.14 Å². The molecule has 3 aromatic carbocycles. The zero-order valence-corrected chi connectivity index (χ0v) is 25.1. The average molecular weight is 651 g/mol. The van der Waals surface area contributed by atoms with E-state index in [1.165, 1.54) is 42.5 Å². The molecule has 0 spiro atoms. The van der Waals surface area contributed by atoms with Gasteiger partial charge in [-0.3, -0.25) is 9.52 Å². The molecular weight excluding hydrogens is 624 g/mol. The van der Waals surface area contributed by atoms with Crippen LogP contribution in [0.1, 0.15) is 11.4 Å². The van der Waals surface area contributed by atoms with Crippen molar-refractivity contribution in [3.8, 4) is 11.1 Å². The highest BCUT2D eigenvalue weighted by atomic mass is 35.7. The first kappa shape index (κ1) is 33.6. The van der Waals surface area contributed by atoms with Gasteiger partial charge in [0.05, 0.1) is 15.5 Å². The minimum absolute atomic E-state index is 0.0509. The second kappa shape index (κ2) is 13.6. The van der Waals surface area contributed by atoms with E-state index in [1.54, 1.807) is 0 Å². The van der Waals surface area contributed by atoms with E-state index < -0.39 is 30.3 Å². The Morgan fingerprint density at radius 1 is 0.744 bits per heavy atom. The van der Waals surface area contributed by atoms with Crippen LogP contribution in [0.2, 0.25) is 0 Å². The van der Waals surface area contributed by atoms with Gasteiger partial charge in [-0.15, -0.1) is 10.2 Å². The fraction of sp³-hybridized carbons (Fsp3) is 0.111. The number of carbonyl (C=O) groups is 1. The summed E-state index contributed by atoms with van der Waals surface area (Å²) in [4.78, 5) is 12.5. The van der Waals surface area contributed by atoms with Gasteiger partial charge in [0.15, 0.2) is 11.4 Å². The standard InChI is InChI=1S/C27H26N4O5S2.ClHO4/c1-19-15-22(21-7-4-3-5-8-21)16-20(2)31(19)18-27(32)29-23-11-13-25(14-12-23)38(35,36)30-24-9-6-10-26(17-24)37(28,33)34;2-1(3,4)5/h3-17,30H,18H2,1-2H3,(H2-,28,29,32,33,34);(H,2,3,4,5). The van der Waals surface area contributed by atoms with Crippen molar-refractivity contribution in [1.29, 1.82) is 0 Å². The zero-order valence-electron chi connectivity index (χ0n) is 22.8. The van der Waals surface area contributed by atoms with Crippen molar-refractivity contribution >= 4 is 37.3 Å². The molecule has 0 aliphatic rings. The molecule has 0 unspecified atom stereocenters. The summed E-state index contributed by atoms with van der Waals surface area (Å²) in [5.74, 6) is -0.262. The number of anilines is 2. The van der Waals surface area contributed by atoms with Gasteiger partial charge in [-0.05, 0) is 53.6 Å². The first-order valence-electron chi connectivity index (χ1n) is 12.2. The molecule has 4 aromatic rings. The normalized spacial score (nSPS) is 11.7. The molecule has 16 heteroatoms. The number of hydrogen-bond donors (Lipinski definition) is 3. The fourth-order valence-electron chi connectivity index (χ4n) is 3.98. The number of sulfonamides is 2. The lowest BCUT2D eigenvalue weighted by atomic mass is 10.0. The highest BCUT2D eigenvalue weighted by Gasteiger charge is 2.19. The maximum atomic E-state index is 12.8. The number of benzene rings is 3. The molecule has 0 atom stereocenters. The summed E-state index contributed by atoms with van der Waals surface area (Å²) in [5, 5.41) is 7.90. The molecule has 43 heavy (non-hydrogen) atoms. The summed E-state index contributed by atoms with van der Waals surface area (Å²) in [6.07, 6.45) is 0. The van der Waals surface area contributed by atoms with Crippen LogP contribution in [0.3, 0.4) is 0 Å². The van der Waals surface area contributed by atoms with Crippen molar-refractivity contribution in [2.45, 2.75) is 30.2 Å². The molecule has 228 valence electrons. The molecule has 0 bridgehead atoms. The summed E-state index contributed by atoms with van der Waals surface area (Å²) in [7, 11) is -12.9. The summed E-state index contributed by atoms with van der Waals surface area (Å²) < 4.78 is 86.8. The lowest BCUT2D eigenvalue weighted by Crippen LogP contribution is -2.68. The number of primary sulfonamides is 1. The maximum Gasteiger partial charge on any atom is 0.290 e. The van der Waals surface area contributed by atoms with Crippen molar-refractivity contribution in [2.75, 3.05) is 10.0 Å². The first-order valence-corrected chi connectivity index (χ1v) is 16.4. The molecule has 1 amide bonds. The molecule has 0 saturated carbocycles. The Labute approximate surface area is 250 Å². The van der Waals surface area contributed by atoms with Gasteiger partial charge >= 0.3 is 0 Å². The van der Waals surface area contributed by atoms with Crippen LogP contribution in [0, 0.1) is 24.1 Å². The molecule has 1 heterocycles. The number of aromatic nitrogens is 1. The highest BCUT2D eigenvalue weighted by molar-refractivity contribution is 7.92.